The van der Waals surface area contributed by atoms with Crippen LogP contribution < -0.4 is 5.32 Å². The lowest BCUT2D eigenvalue weighted by Gasteiger charge is -2.37. The molecule has 1 N–H and O–H groups in total. The maximum Gasteiger partial charge on any atom is 0.225 e. The van der Waals surface area contributed by atoms with Gasteiger partial charge in [-0.05, 0) is 26.8 Å². The molecule has 2 aliphatic rings. The molecule has 1 saturated heterocycles. The molecule has 0 aromatic rings. The number of carbonyl (C=O) groups is 1. The fraction of sp³-hybridized carbons (Fsp3) is 0.818. The van der Waals surface area contributed by atoms with Crippen LogP contribution in [0.4, 0.5) is 0 Å². The quantitative estimate of drug-likeness (QED) is 0.629. The van der Waals surface area contributed by atoms with Crippen molar-refractivity contribution < 1.29 is 4.79 Å². The predicted octanol–water partition coefficient (Wildman–Crippen LogP) is 0.432. The van der Waals surface area contributed by atoms with Crippen LogP contribution in [0, 0.1) is 0 Å². The molecule has 15 heavy (non-hydrogen) atoms. The van der Waals surface area contributed by atoms with E-state index in [2.05, 4.69) is 17.3 Å². The highest BCUT2D eigenvalue weighted by molar-refractivity contribution is 6.00. The number of rotatable bonds is 0. The third-order valence-corrected chi connectivity index (χ3v) is 3.38. The second kappa shape index (κ2) is 3.93. The van der Waals surface area contributed by atoms with Gasteiger partial charge in [-0.1, -0.05) is 0 Å². The summed E-state index contributed by atoms with van der Waals surface area (Å²) in [6.45, 7) is 4.83. The summed E-state index contributed by atoms with van der Waals surface area (Å²) >= 11 is 0. The first kappa shape index (κ1) is 10.6. The molecule has 2 heterocycles. The van der Waals surface area contributed by atoms with Gasteiger partial charge in [0.05, 0.1) is 12.0 Å². The first-order valence-electron chi connectivity index (χ1n) is 5.60. The fourth-order valence-electron chi connectivity index (χ4n) is 2.37. The van der Waals surface area contributed by atoms with Gasteiger partial charge in [-0.3, -0.25) is 9.79 Å². The second-order valence-corrected chi connectivity index (χ2v) is 4.83. The molecular weight excluding hydrogens is 190 g/mol. The second-order valence-electron chi connectivity index (χ2n) is 4.83. The molecule has 4 nitrogen and oxygen atoms in total. The highest BCUT2D eigenvalue weighted by atomic mass is 16.1. The summed E-state index contributed by atoms with van der Waals surface area (Å²) in [5, 5.41) is 2.98. The van der Waals surface area contributed by atoms with Gasteiger partial charge in [-0.2, -0.15) is 0 Å². The zero-order valence-corrected chi connectivity index (χ0v) is 9.55. The molecule has 0 aromatic carbocycles. The number of amides is 1. The standard InChI is InChI=1S/C11H19N3O/c1-9-7-10(15)12-8-11(13-9)3-5-14(2)6-4-11/h3-8H2,1-2H3,(H,12,15). The van der Waals surface area contributed by atoms with Crippen LogP contribution in [0.5, 0.6) is 0 Å². The van der Waals surface area contributed by atoms with Gasteiger partial charge in [-0.15, -0.1) is 0 Å². The Labute approximate surface area is 90.7 Å². The molecule has 0 atom stereocenters. The van der Waals surface area contributed by atoms with Crippen molar-refractivity contribution >= 4 is 11.6 Å². The van der Waals surface area contributed by atoms with Crippen molar-refractivity contribution in [3.05, 3.63) is 0 Å². The van der Waals surface area contributed by atoms with Crippen molar-refractivity contribution in [2.45, 2.75) is 31.7 Å². The van der Waals surface area contributed by atoms with Gasteiger partial charge >= 0.3 is 0 Å². The summed E-state index contributed by atoms with van der Waals surface area (Å²) < 4.78 is 0. The maximum absolute atomic E-state index is 11.4. The van der Waals surface area contributed by atoms with Gasteiger partial charge in [-0.25, -0.2) is 0 Å². The molecule has 0 radical (unpaired) electrons. The summed E-state index contributed by atoms with van der Waals surface area (Å²) in [7, 11) is 2.14. The van der Waals surface area contributed by atoms with E-state index in [1.54, 1.807) is 0 Å². The van der Waals surface area contributed by atoms with Gasteiger partial charge in [0.1, 0.15) is 0 Å². The molecule has 0 bridgehead atoms. The van der Waals surface area contributed by atoms with Crippen LogP contribution in [0.25, 0.3) is 0 Å². The van der Waals surface area contributed by atoms with Crippen LogP contribution in [0.3, 0.4) is 0 Å². The Hall–Kier alpha value is -0.900. The number of likely N-dealkylation sites (tertiary alicyclic amines) is 1. The van der Waals surface area contributed by atoms with Crippen LogP contribution in [-0.4, -0.2) is 48.7 Å². The maximum atomic E-state index is 11.4. The number of nitrogens with zero attached hydrogens (tertiary/aromatic N) is 2. The molecule has 0 unspecified atom stereocenters. The van der Waals surface area contributed by atoms with Gasteiger partial charge < -0.3 is 10.2 Å². The van der Waals surface area contributed by atoms with E-state index in [1.165, 1.54) is 0 Å². The molecule has 0 aliphatic carbocycles. The normalized spacial score (nSPS) is 27.1. The van der Waals surface area contributed by atoms with Crippen molar-refractivity contribution in [2.24, 2.45) is 4.99 Å². The van der Waals surface area contributed by atoms with Crippen molar-refractivity contribution in [1.82, 2.24) is 10.2 Å². The summed E-state index contributed by atoms with van der Waals surface area (Å²) in [6.07, 6.45) is 2.58. The molecule has 0 saturated carbocycles. The predicted molar refractivity (Wildman–Crippen MR) is 60.2 cm³/mol. The van der Waals surface area contributed by atoms with E-state index in [9.17, 15) is 4.79 Å². The minimum Gasteiger partial charge on any atom is -0.353 e. The van der Waals surface area contributed by atoms with E-state index >= 15 is 0 Å². The largest absolute Gasteiger partial charge is 0.353 e. The third-order valence-electron chi connectivity index (χ3n) is 3.38. The van der Waals surface area contributed by atoms with Gasteiger partial charge in [0.15, 0.2) is 0 Å². The minimum atomic E-state index is -0.0112. The van der Waals surface area contributed by atoms with Crippen molar-refractivity contribution in [3.8, 4) is 0 Å². The van der Waals surface area contributed by atoms with Gasteiger partial charge in [0, 0.05) is 25.3 Å². The minimum absolute atomic E-state index is 0.0112. The average molecular weight is 209 g/mol. The lowest BCUT2D eigenvalue weighted by atomic mass is 9.88. The molecule has 1 spiro atoms. The van der Waals surface area contributed by atoms with Crippen molar-refractivity contribution in [3.63, 3.8) is 0 Å². The summed E-state index contributed by atoms with van der Waals surface area (Å²) in [6, 6.07) is 0. The lowest BCUT2D eigenvalue weighted by molar-refractivity contribution is -0.120. The monoisotopic (exact) mass is 209 g/mol. The van der Waals surface area contributed by atoms with Crippen molar-refractivity contribution in [2.75, 3.05) is 26.7 Å². The van der Waals surface area contributed by atoms with Gasteiger partial charge in [0.2, 0.25) is 5.91 Å². The van der Waals surface area contributed by atoms with E-state index in [4.69, 9.17) is 4.99 Å². The zero-order chi connectivity index (χ0) is 10.9. The molecule has 2 rings (SSSR count). The number of hydrogen-bond acceptors (Lipinski definition) is 3. The Balaban J connectivity index is 2.13. The Morgan fingerprint density at radius 2 is 2.07 bits per heavy atom. The Kier molecular flexibility index (Phi) is 2.78. The van der Waals surface area contributed by atoms with Crippen LogP contribution >= 0.6 is 0 Å². The number of aliphatic imine (C=N–C) groups is 1. The topological polar surface area (TPSA) is 44.7 Å². The number of hydrogen-bond donors (Lipinski definition) is 1. The average Bonchev–Trinajstić information content (AvgIpc) is 2.32. The number of nitrogens with one attached hydrogen (secondary N) is 1. The number of carbonyl (C=O) groups excluding carboxylic acids is 1. The van der Waals surface area contributed by atoms with Gasteiger partial charge in [0.25, 0.3) is 0 Å². The van der Waals surface area contributed by atoms with E-state index < -0.39 is 0 Å². The SMILES string of the molecule is CC1=NC2(CCN(C)CC2)CNC(=O)C1. The van der Waals surface area contributed by atoms with Crippen molar-refractivity contribution in [1.29, 1.82) is 0 Å². The molecule has 1 amide bonds. The first-order chi connectivity index (χ1) is 7.10. The molecular formula is C11H19N3O. The fourth-order valence-corrected chi connectivity index (χ4v) is 2.37. The highest BCUT2D eigenvalue weighted by Crippen LogP contribution is 2.27. The molecule has 1 fully saturated rings. The zero-order valence-electron chi connectivity index (χ0n) is 9.55. The molecule has 4 heteroatoms. The number of piperidine rings is 1. The molecule has 2 aliphatic heterocycles. The summed E-state index contributed by atoms with van der Waals surface area (Å²) in [5.74, 6) is 0.118. The summed E-state index contributed by atoms with van der Waals surface area (Å²) in [4.78, 5) is 18.5. The van der Waals surface area contributed by atoms with E-state index in [-0.39, 0.29) is 11.4 Å². The van der Waals surface area contributed by atoms with Crippen LogP contribution in [0.1, 0.15) is 26.2 Å². The van der Waals surface area contributed by atoms with Crippen LogP contribution in [-0.2, 0) is 4.79 Å². The van der Waals surface area contributed by atoms with E-state index in [1.807, 2.05) is 6.92 Å². The first-order valence-corrected chi connectivity index (χ1v) is 5.60. The van der Waals surface area contributed by atoms with E-state index in [0.29, 0.717) is 6.42 Å². The Morgan fingerprint density at radius 3 is 2.73 bits per heavy atom. The molecule has 84 valence electrons. The Bertz CT molecular complexity index is 290. The third kappa shape index (κ3) is 2.37. The smallest absolute Gasteiger partial charge is 0.225 e. The lowest BCUT2D eigenvalue weighted by Crippen LogP contribution is -2.47. The van der Waals surface area contributed by atoms with Crippen LogP contribution in [0.15, 0.2) is 4.99 Å². The van der Waals surface area contributed by atoms with E-state index in [0.717, 1.165) is 38.2 Å². The Morgan fingerprint density at radius 1 is 1.40 bits per heavy atom. The summed E-state index contributed by atoms with van der Waals surface area (Å²) in [5.41, 5.74) is 0.970. The highest BCUT2D eigenvalue weighted by Gasteiger charge is 2.35. The van der Waals surface area contributed by atoms with Crippen LogP contribution in [0.2, 0.25) is 0 Å². The molecule has 0 aromatic heterocycles.